The van der Waals surface area contributed by atoms with Crippen LogP contribution in [0.15, 0.2) is 63.8 Å². The van der Waals surface area contributed by atoms with Gasteiger partial charge in [-0.1, -0.05) is 13.8 Å². The summed E-state index contributed by atoms with van der Waals surface area (Å²) in [6, 6.07) is 10.1. The summed E-state index contributed by atoms with van der Waals surface area (Å²) in [6.45, 7) is 3.89. The Labute approximate surface area is 180 Å². The lowest BCUT2D eigenvalue weighted by atomic mass is 10.0. The van der Waals surface area contributed by atoms with Crippen LogP contribution in [0.4, 0.5) is 10.8 Å². The molecule has 0 atom stereocenters. The first-order valence-electron chi connectivity index (χ1n) is 8.85. The minimum absolute atomic E-state index is 0.00723. The number of nitrogens with one attached hydrogen (secondary N) is 2. The van der Waals surface area contributed by atoms with Crippen molar-refractivity contribution in [3.05, 3.63) is 59.6 Å². The van der Waals surface area contributed by atoms with Gasteiger partial charge in [0.25, 0.3) is 20.0 Å². The summed E-state index contributed by atoms with van der Waals surface area (Å²) in [5.74, 6) is 0.691. The van der Waals surface area contributed by atoms with Gasteiger partial charge >= 0.3 is 0 Å². The molecule has 0 aliphatic rings. The van der Waals surface area contributed by atoms with E-state index >= 15 is 0 Å². The van der Waals surface area contributed by atoms with Gasteiger partial charge < -0.3 is 4.74 Å². The van der Waals surface area contributed by atoms with E-state index in [1.807, 2.05) is 13.8 Å². The molecule has 0 saturated heterocycles. The molecular formula is C19H21N3O5S3. The largest absolute Gasteiger partial charge is 0.496 e. The van der Waals surface area contributed by atoms with Crippen LogP contribution < -0.4 is 14.2 Å². The van der Waals surface area contributed by atoms with Crippen molar-refractivity contribution in [2.75, 3.05) is 16.6 Å². The second-order valence-corrected chi connectivity index (χ2v) is 10.9. The summed E-state index contributed by atoms with van der Waals surface area (Å²) in [5.41, 5.74) is 1.01. The van der Waals surface area contributed by atoms with Gasteiger partial charge in [0.05, 0.1) is 16.9 Å². The molecule has 3 aromatic rings. The van der Waals surface area contributed by atoms with Gasteiger partial charge in [-0.2, -0.15) is 0 Å². The number of benzene rings is 2. The summed E-state index contributed by atoms with van der Waals surface area (Å²) in [4.78, 5) is 3.97. The van der Waals surface area contributed by atoms with E-state index in [0.717, 1.165) is 16.9 Å². The summed E-state index contributed by atoms with van der Waals surface area (Å²) in [6.07, 6.45) is 1.49. The zero-order valence-electron chi connectivity index (χ0n) is 16.5. The van der Waals surface area contributed by atoms with E-state index in [9.17, 15) is 16.8 Å². The molecule has 0 spiro atoms. The number of aromatic nitrogens is 1. The molecule has 2 N–H and O–H groups in total. The molecule has 11 heteroatoms. The Morgan fingerprint density at radius 2 is 1.57 bits per heavy atom. The van der Waals surface area contributed by atoms with Gasteiger partial charge in [-0.15, -0.1) is 11.3 Å². The van der Waals surface area contributed by atoms with Crippen molar-refractivity contribution in [1.82, 2.24) is 4.98 Å². The highest BCUT2D eigenvalue weighted by Crippen LogP contribution is 2.30. The molecule has 1 aromatic heterocycles. The van der Waals surface area contributed by atoms with Crippen molar-refractivity contribution >= 4 is 42.2 Å². The molecule has 8 nitrogen and oxygen atoms in total. The van der Waals surface area contributed by atoms with Gasteiger partial charge in [-0.05, 0) is 53.9 Å². The van der Waals surface area contributed by atoms with E-state index in [4.69, 9.17) is 4.74 Å². The lowest BCUT2D eigenvalue weighted by Crippen LogP contribution is -2.15. The van der Waals surface area contributed by atoms with Crippen LogP contribution in [0, 0.1) is 0 Å². The zero-order chi connectivity index (χ0) is 21.9. The molecule has 0 amide bonds. The highest BCUT2D eigenvalue weighted by atomic mass is 32.2. The maximum atomic E-state index is 12.8. The van der Waals surface area contributed by atoms with Crippen LogP contribution >= 0.6 is 11.3 Å². The third kappa shape index (κ3) is 4.91. The molecule has 0 fully saturated rings. The third-order valence-corrected chi connectivity index (χ3v) is 7.76. The average molecular weight is 468 g/mol. The van der Waals surface area contributed by atoms with Crippen molar-refractivity contribution < 1.29 is 21.6 Å². The van der Waals surface area contributed by atoms with Gasteiger partial charge in [0.1, 0.15) is 5.75 Å². The van der Waals surface area contributed by atoms with Crippen LogP contribution in [-0.4, -0.2) is 28.9 Å². The summed E-state index contributed by atoms with van der Waals surface area (Å²) in [7, 11) is -6.14. The minimum atomic E-state index is -3.86. The Morgan fingerprint density at radius 3 is 2.13 bits per heavy atom. The van der Waals surface area contributed by atoms with E-state index in [-0.39, 0.29) is 26.5 Å². The Balaban J connectivity index is 1.82. The molecule has 3 rings (SSSR count). The summed E-state index contributed by atoms with van der Waals surface area (Å²) in [5, 5.41) is 1.90. The predicted octanol–water partition coefficient (Wildman–Crippen LogP) is 3.88. The number of thiazole rings is 1. The van der Waals surface area contributed by atoms with E-state index < -0.39 is 20.0 Å². The molecular weight excluding hydrogens is 446 g/mol. The SMILES string of the molecule is COc1ccc(S(=O)(=O)Nc2ccc(S(=O)(=O)Nc3nccs3)cc2)cc1C(C)C. The lowest BCUT2D eigenvalue weighted by Gasteiger charge is -2.14. The van der Waals surface area contributed by atoms with E-state index in [2.05, 4.69) is 14.4 Å². The molecule has 2 aromatic carbocycles. The van der Waals surface area contributed by atoms with Crippen LogP contribution in [0.1, 0.15) is 25.3 Å². The topological polar surface area (TPSA) is 114 Å². The molecule has 160 valence electrons. The van der Waals surface area contributed by atoms with Gasteiger partial charge in [-0.25, -0.2) is 21.8 Å². The van der Waals surface area contributed by atoms with Crippen LogP contribution in [0.2, 0.25) is 0 Å². The zero-order valence-corrected chi connectivity index (χ0v) is 18.9. The first-order chi connectivity index (χ1) is 14.1. The number of rotatable bonds is 8. The number of methoxy groups -OCH3 is 1. The number of sulfonamides is 2. The van der Waals surface area contributed by atoms with Crippen LogP contribution in [-0.2, 0) is 20.0 Å². The number of nitrogens with zero attached hydrogens (tertiary/aromatic N) is 1. The number of ether oxygens (including phenoxy) is 1. The molecule has 0 unspecified atom stereocenters. The quantitative estimate of drug-likeness (QED) is 0.520. The van der Waals surface area contributed by atoms with Crippen LogP contribution in [0.5, 0.6) is 5.75 Å². The highest BCUT2D eigenvalue weighted by molar-refractivity contribution is 7.93. The highest BCUT2D eigenvalue weighted by Gasteiger charge is 2.19. The predicted molar refractivity (Wildman–Crippen MR) is 117 cm³/mol. The van der Waals surface area contributed by atoms with Crippen molar-refractivity contribution in [3.63, 3.8) is 0 Å². The first-order valence-corrected chi connectivity index (χ1v) is 12.7. The third-order valence-electron chi connectivity index (χ3n) is 4.20. The standard InChI is InChI=1S/C19H21N3O5S3/c1-13(2)17-12-16(8-9-18(17)27-3)30(25,26)21-14-4-6-15(7-5-14)29(23,24)22-19-20-10-11-28-19/h4-13,21H,1-3H3,(H,20,22). The molecule has 0 radical (unpaired) electrons. The minimum Gasteiger partial charge on any atom is -0.496 e. The fourth-order valence-electron chi connectivity index (χ4n) is 2.69. The summed E-state index contributed by atoms with van der Waals surface area (Å²) < 4.78 is 60.5. The Morgan fingerprint density at radius 1 is 0.933 bits per heavy atom. The van der Waals surface area contributed by atoms with Crippen molar-refractivity contribution in [2.24, 2.45) is 0 Å². The van der Waals surface area contributed by atoms with Crippen molar-refractivity contribution in [1.29, 1.82) is 0 Å². The second kappa shape index (κ2) is 8.62. The molecule has 0 bridgehead atoms. The lowest BCUT2D eigenvalue weighted by molar-refractivity contribution is 0.407. The molecule has 0 saturated carbocycles. The van der Waals surface area contributed by atoms with E-state index in [1.54, 1.807) is 17.5 Å². The van der Waals surface area contributed by atoms with E-state index in [1.165, 1.54) is 43.6 Å². The molecule has 0 aliphatic carbocycles. The Kier molecular flexibility index (Phi) is 6.34. The fraction of sp³-hybridized carbons (Fsp3) is 0.211. The normalized spacial score (nSPS) is 12.0. The van der Waals surface area contributed by atoms with Crippen molar-refractivity contribution in [2.45, 2.75) is 29.6 Å². The average Bonchev–Trinajstić information content (AvgIpc) is 3.19. The smallest absolute Gasteiger partial charge is 0.263 e. The monoisotopic (exact) mass is 467 g/mol. The number of anilines is 2. The van der Waals surface area contributed by atoms with Gasteiger partial charge in [-0.3, -0.25) is 9.44 Å². The molecule has 1 heterocycles. The van der Waals surface area contributed by atoms with E-state index in [0.29, 0.717) is 5.75 Å². The van der Waals surface area contributed by atoms with Gasteiger partial charge in [0.2, 0.25) is 0 Å². The number of hydrogen-bond donors (Lipinski definition) is 2. The molecule has 30 heavy (non-hydrogen) atoms. The number of hydrogen-bond acceptors (Lipinski definition) is 7. The second-order valence-electron chi connectivity index (χ2n) is 6.63. The van der Waals surface area contributed by atoms with Crippen molar-refractivity contribution in [3.8, 4) is 5.75 Å². The van der Waals surface area contributed by atoms with Crippen LogP contribution in [0.3, 0.4) is 0 Å². The van der Waals surface area contributed by atoms with Gasteiger partial charge in [0, 0.05) is 17.3 Å². The Hall–Kier alpha value is -2.63. The fourth-order valence-corrected chi connectivity index (χ4v) is 5.58. The maximum Gasteiger partial charge on any atom is 0.263 e. The van der Waals surface area contributed by atoms with Crippen LogP contribution in [0.25, 0.3) is 0 Å². The Bertz CT molecular complexity index is 1220. The summed E-state index contributed by atoms with van der Waals surface area (Å²) >= 11 is 1.16. The first kappa shape index (κ1) is 22.1. The van der Waals surface area contributed by atoms with Gasteiger partial charge in [0.15, 0.2) is 5.13 Å². The molecule has 0 aliphatic heterocycles. The maximum absolute atomic E-state index is 12.8.